The van der Waals surface area contributed by atoms with Crippen molar-refractivity contribution >= 4 is 11.6 Å². The van der Waals surface area contributed by atoms with Gasteiger partial charge in [0.25, 0.3) is 5.91 Å². The van der Waals surface area contributed by atoms with Crippen LogP contribution in [0.25, 0.3) is 0 Å². The van der Waals surface area contributed by atoms with Gasteiger partial charge in [-0.25, -0.2) is 10.2 Å². The zero-order valence-electron chi connectivity index (χ0n) is 12.6. The number of nitrogens with zero attached hydrogens (tertiary/aromatic N) is 1. The lowest BCUT2D eigenvalue weighted by Crippen LogP contribution is -2.27. The number of rotatable bonds is 4. The number of nitrogens with one attached hydrogen (secondary N) is 1. The summed E-state index contributed by atoms with van der Waals surface area (Å²) in [5.41, 5.74) is 1.72. The van der Waals surface area contributed by atoms with Crippen LogP contribution in [0.3, 0.4) is 0 Å². The zero-order chi connectivity index (χ0) is 17.0. The number of aryl methyl sites for hydroxylation is 1. The maximum Gasteiger partial charge on any atom is 0.348 e. The highest BCUT2D eigenvalue weighted by Gasteiger charge is 2.18. The van der Waals surface area contributed by atoms with Crippen molar-refractivity contribution in [2.24, 2.45) is 5.10 Å². The van der Waals surface area contributed by atoms with E-state index in [1.165, 1.54) is 19.9 Å². The van der Waals surface area contributed by atoms with Gasteiger partial charge in [0.05, 0.1) is 5.71 Å². The van der Waals surface area contributed by atoms with Crippen molar-refractivity contribution in [3.8, 4) is 5.75 Å². The number of hydrogen-bond acceptors (Lipinski definition) is 6. The van der Waals surface area contributed by atoms with E-state index >= 15 is 0 Å². The molecule has 0 aliphatic rings. The molecular formula is C16H16N2O5. The minimum Gasteiger partial charge on any atom is -0.507 e. The van der Waals surface area contributed by atoms with Crippen molar-refractivity contribution in [2.45, 2.75) is 20.0 Å². The molecule has 1 heterocycles. The number of benzene rings is 1. The molecule has 1 aromatic carbocycles. The van der Waals surface area contributed by atoms with Gasteiger partial charge in [-0.1, -0.05) is 30.3 Å². The molecule has 7 heteroatoms. The van der Waals surface area contributed by atoms with Crippen molar-refractivity contribution in [3.63, 3.8) is 0 Å². The summed E-state index contributed by atoms with van der Waals surface area (Å²) in [6.45, 7) is 2.95. The first kappa shape index (κ1) is 16.4. The predicted octanol–water partition coefficient (Wildman–Crippen LogP) is 1.23. The molecule has 0 spiro atoms. The lowest BCUT2D eigenvalue weighted by atomic mass is 10.1. The molecule has 0 aliphatic carbocycles. The van der Waals surface area contributed by atoms with Crippen LogP contribution in [0, 0.1) is 6.92 Å². The van der Waals surface area contributed by atoms with Gasteiger partial charge in [0.15, 0.2) is 6.10 Å². The first-order chi connectivity index (χ1) is 10.9. The third kappa shape index (κ3) is 3.83. The fraction of sp³-hybridized carbons (Fsp3) is 0.188. The van der Waals surface area contributed by atoms with E-state index in [1.54, 1.807) is 30.3 Å². The van der Waals surface area contributed by atoms with E-state index in [0.717, 1.165) is 0 Å². The smallest absolute Gasteiger partial charge is 0.348 e. The van der Waals surface area contributed by atoms with Gasteiger partial charge in [-0.3, -0.25) is 4.79 Å². The Morgan fingerprint density at radius 1 is 1.30 bits per heavy atom. The van der Waals surface area contributed by atoms with Gasteiger partial charge in [0.2, 0.25) is 0 Å². The monoisotopic (exact) mass is 316 g/mol. The van der Waals surface area contributed by atoms with Crippen LogP contribution < -0.4 is 11.1 Å². The van der Waals surface area contributed by atoms with Crippen molar-refractivity contribution < 1.29 is 19.4 Å². The second-order valence-corrected chi connectivity index (χ2v) is 4.89. The molecule has 2 aromatic rings. The Kier molecular flexibility index (Phi) is 4.92. The molecule has 1 amide bonds. The normalized spacial score (nSPS) is 12.7. The lowest BCUT2D eigenvalue weighted by molar-refractivity contribution is -0.129. The van der Waals surface area contributed by atoms with E-state index in [9.17, 15) is 19.8 Å². The Labute approximate surface area is 131 Å². The number of hydrogen-bond donors (Lipinski definition) is 3. The van der Waals surface area contributed by atoms with Crippen LogP contribution in [0.15, 0.2) is 50.7 Å². The lowest BCUT2D eigenvalue weighted by Gasteiger charge is -2.09. The fourth-order valence-electron chi connectivity index (χ4n) is 1.97. The summed E-state index contributed by atoms with van der Waals surface area (Å²) in [4.78, 5) is 23.6. The van der Waals surface area contributed by atoms with Crippen molar-refractivity contribution in [3.05, 3.63) is 63.7 Å². The second-order valence-electron chi connectivity index (χ2n) is 4.89. The predicted molar refractivity (Wildman–Crippen MR) is 83.1 cm³/mol. The molecule has 2 rings (SSSR count). The molecule has 0 fully saturated rings. The Bertz CT molecular complexity index is 796. The largest absolute Gasteiger partial charge is 0.507 e. The maximum atomic E-state index is 11.9. The van der Waals surface area contributed by atoms with Crippen molar-refractivity contribution in [1.82, 2.24) is 5.43 Å². The molecule has 0 radical (unpaired) electrons. The summed E-state index contributed by atoms with van der Waals surface area (Å²) in [7, 11) is 0. The van der Waals surface area contributed by atoms with Gasteiger partial charge in [-0.2, -0.15) is 5.10 Å². The number of aliphatic hydroxyl groups is 1. The highest BCUT2D eigenvalue weighted by molar-refractivity contribution is 6.01. The van der Waals surface area contributed by atoms with E-state index in [0.29, 0.717) is 5.56 Å². The molecule has 1 atom stereocenters. The second kappa shape index (κ2) is 6.89. The number of carbonyl (C=O) groups excluding carboxylic acids is 1. The van der Waals surface area contributed by atoms with Crippen LogP contribution in [0.2, 0.25) is 0 Å². The molecule has 3 N–H and O–H groups in total. The SMILES string of the molecule is CC(=NNC(=O)C(O)c1ccccc1)c1c(O)cc(C)oc1=O. The third-order valence-electron chi connectivity index (χ3n) is 3.11. The fourth-order valence-corrected chi connectivity index (χ4v) is 1.97. The van der Waals surface area contributed by atoms with Gasteiger partial charge in [0, 0.05) is 6.07 Å². The summed E-state index contributed by atoms with van der Waals surface area (Å²) < 4.78 is 4.88. The average Bonchev–Trinajstić information content (AvgIpc) is 2.51. The molecule has 23 heavy (non-hydrogen) atoms. The first-order valence-corrected chi connectivity index (χ1v) is 6.81. The zero-order valence-corrected chi connectivity index (χ0v) is 12.6. The van der Waals surface area contributed by atoms with Crippen molar-refractivity contribution in [1.29, 1.82) is 0 Å². The maximum absolute atomic E-state index is 11.9. The van der Waals surface area contributed by atoms with E-state index < -0.39 is 17.6 Å². The summed E-state index contributed by atoms with van der Waals surface area (Å²) >= 11 is 0. The summed E-state index contributed by atoms with van der Waals surface area (Å²) in [5, 5.41) is 23.4. The van der Waals surface area contributed by atoms with Gasteiger partial charge in [-0.15, -0.1) is 0 Å². The summed E-state index contributed by atoms with van der Waals surface area (Å²) in [5.74, 6) is -0.794. The number of hydrazone groups is 1. The minimum atomic E-state index is -1.39. The minimum absolute atomic E-state index is 0.0601. The molecule has 0 saturated carbocycles. The Balaban J connectivity index is 2.17. The van der Waals surface area contributed by atoms with Crippen LogP contribution in [0.4, 0.5) is 0 Å². The first-order valence-electron chi connectivity index (χ1n) is 6.81. The Hall–Kier alpha value is -2.93. The van der Waals surface area contributed by atoms with Crippen LogP contribution >= 0.6 is 0 Å². The van der Waals surface area contributed by atoms with Crippen LogP contribution in [0.5, 0.6) is 5.75 Å². The van der Waals surface area contributed by atoms with Gasteiger partial charge < -0.3 is 14.6 Å². The molecule has 120 valence electrons. The average molecular weight is 316 g/mol. The van der Waals surface area contributed by atoms with Crippen LogP contribution in [0.1, 0.15) is 29.9 Å². The molecule has 1 aromatic heterocycles. The van der Waals surface area contributed by atoms with Gasteiger partial charge in [0.1, 0.15) is 17.1 Å². The highest BCUT2D eigenvalue weighted by atomic mass is 16.4. The van der Waals surface area contributed by atoms with Gasteiger partial charge in [-0.05, 0) is 19.4 Å². The molecule has 7 nitrogen and oxygen atoms in total. The third-order valence-corrected chi connectivity index (χ3v) is 3.11. The van der Waals surface area contributed by atoms with Gasteiger partial charge >= 0.3 is 5.63 Å². The molecule has 0 bridgehead atoms. The number of amides is 1. The van der Waals surface area contributed by atoms with E-state index in [1.807, 2.05) is 0 Å². The molecular weight excluding hydrogens is 300 g/mol. The number of carbonyl (C=O) groups is 1. The topological polar surface area (TPSA) is 112 Å². The highest BCUT2D eigenvalue weighted by Crippen LogP contribution is 2.15. The standard InChI is InChI=1S/C16H16N2O5/c1-9-8-12(19)13(16(22)23-9)10(2)17-18-15(21)14(20)11-6-4-3-5-7-11/h3-8,14,19-20H,1-2H3,(H,18,21). The quantitative estimate of drug-likeness (QED) is 0.580. The van der Waals surface area contributed by atoms with E-state index in [4.69, 9.17) is 4.42 Å². The van der Waals surface area contributed by atoms with E-state index in [-0.39, 0.29) is 22.8 Å². The number of aliphatic hydroxyl groups excluding tert-OH is 1. The Morgan fingerprint density at radius 2 is 1.96 bits per heavy atom. The number of aromatic hydroxyl groups is 1. The summed E-state index contributed by atoms with van der Waals surface area (Å²) in [6.07, 6.45) is -1.39. The van der Waals surface area contributed by atoms with E-state index in [2.05, 4.69) is 10.5 Å². The molecule has 1 unspecified atom stereocenters. The van der Waals surface area contributed by atoms with Crippen LogP contribution in [-0.4, -0.2) is 21.8 Å². The molecule has 0 aliphatic heterocycles. The van der Waals surface area contributed by atoms with Crippen molar-refractivity contribution in [2.75, 3.05) is 0 Å². The Morgan fingerprint density at radius 3 is 2.57 bits per heavy atom. The van der Waals surface area contributed by atoms with Crippen LogP contribution in [-0.2, 0) is 4.79 Å². The molecule has 0 saturated heterocycles. The summed E-state index contributed by atoms with van der Waals surface area (Å²) in [6, 6.07) is 9.61.